The van der Waals surface area contributed by atoms with Crippen LogP contribution in [0.4, 0.5) is 5.69 Å². The monoisotopic (exact) mass is 446 g/mol. The third-order valence-electron chi connectivity index (χ3n) is 4.10. The summed E-state index contributed by atoms with van der Waals surface area (Å²) >= 11 is 3.41. The minimum absolute atomic E-state index is 0.0981. The number of benzene rings is 2. The van der Waals surface area contributed by atoms with Crippen LogP contribution in [0, 0.1) is 5.92 Å². The van der Waals surface area contributed by atoms with Gasteiger partial charge in [-0.3, -0.25) is 9.59 Å². The molecule has 0 saturated carbocycles. The average Bonchev–Trinajstić information content (AvgIpc) is 2.65. The van der Waals surface area contributed by atoms with Gasteiger partial charge in [-0.15, -0.1) is 0 Å². The van der Waals surface area contributed by atoms with Gasteiger partial charge in [-0.1, -0.05) is 41.9 Å². The van der Waals surface area contributed by atoms with E-state index in [-0.39, 0.29) is 11.8 Å². The highest BCUT2D eigenvalue weighted by atomic mass is 79.9. The molecule has 0 unspecified atom stereocenters. The Balaban J connectivity index is 2.04. The molecule has 28 heavy (non-hydrogen) atoms. The van der Waals surface area contributed by atoms with Crippen LogP contribution in [0.1, 0.15) is 36.2 Å². The van der Waals surface area contributed by atoms with E-state index in [4.69, 9.17) is 4.74 Å². The lowest BCUT2D eigenvalue weighted by Crippen LogP contribution is -2.21. The summed E-state index contributed by atoms with van der Waals surface area (Å²) in [5.74, 6) is 0.802. The first-order valence-electron chi connectivity index (χ1n) is 9.29. The van der Waals surface area contributed by atoms with E-state index in [1.807, 2.05) is 30.3 Å². The minimum Gasteiger partial charge on any atom is -0.492 e. The van der Waals surface area contributed by atoms with Crippen molar-refractivity contribution in [1.29, 1.82) is 0 Å². The standard InChI is InChI=1S/C22H27BrN2O3/c1-15(2)14-28-20-11-8-17(23)13-19(20)22(27)24-18-9-5-16(6-10-18)7-12-21(26)25(3)4/h5-6,8-11,13,15H,7,12,14H2,1-4H3,(H,24,27). The van der Waals surface area contributed by atoms with Crippen LogP contribution in [0.5, 0.6) is 5.75 Å². The quantitative estimate of drug-likeness (QED) is 0.635. The smallest absolute Gasteiger partial charge is 0.259 e. The maximum Gasteiger partial charge on any atom is 0.259 e. The van der Waals surface area contributed by atoms with E-state index >= 15 is 0 Å². The average molecular weight is 447 g/mol. The highest BCUT2D eigenvalue weighted by Crippen LogP contribution is 2.25. The molecule has 2 rings (SSSR count). The lowest BCUT2D eigenvalue weighted by molar-refractivity contribution is -0.128. The number of nitrogens with zero attached hydrogens (tertiary/aromatic N) is 1. The van der Waals surface area contributed by atoms with Crippen LogP contribution >= 0.6 is 15.9 Å². The third kappa shape index (κ3) is 6.68. The molecule has 0 aliphatic carbocycles. The van der Waals surface area contributed by atoms with Crippen molar-refractivity contribution in [3.8, 4) is 5.75 Å². The number of nitrogens with one attached hydrogen (secondary N) is 1. The van der Waals surface area contributed by atoms with Crippen molar-refractivity contribution in [3.05, 3.63) is 58.1 Å². The van der Waals surface area contributed by atoms with Crippen LogP contribution in [-0.2, 0) is 11.2 Å². The van der Waals surface area contributed by atoms with Gasteiger partial charge in [0.15, 0.2) is 0 Å². The SMILES string of the molecule is CC(C)COc1ccc(Br)cc1C(=O)Nc1ccc(CCC(=O)N(C)C)cc1. The molecule has 0 aliphatic heterocycles. The van der Waals surface area contributed by atoms with E-state index < -0.39 is 0 Å². The van der Waals surface area contributed by atoms with E-state index in [9.17, 15) is 9.59 Å². The molecule has 2 amide bonds. The zero-order chi connectivity index (χ0) is 20.7. The molecule has 2 aromatic carbocycles. The molecule has 0 radical (unpaired) electrons. The van der Waals surface area contributed by atoms with Gasteiger partial charge in [0.05, 0.1) is 12.2 Å². The molecule has 150 valence electrons. The van der Waals surface area contributed by atoms with Crippen LogP contribution in [-0.4, -0.2) is 37.4 Å². The summed E-state index contributed by atoms with van der Waals surface area (Å²) in [4.78, 5) is 26.0. The highest BCUT2D eigenvalue weighted by Gasteiger charge is 2.14. The number of amides is 2. The fraction of sp³-hybridized carbons (Fsp3) is 0.364. The second-order valence-electron chi connectivity index (χ2n) is 7.28. The molecule has 0 atom stereocenters. The molecule has 0 heterocycles. The highest BCUT2D eigenvalue weighted by molar-refractivity contribution is 9.10. The predicted molar refractivity (Wildman–Crippen MR) is 116 cm³/mol. The zero-order valence-electron chi connectivity index (χ0n) is 16.8. The van der Waals surface area contributed by atoms with E-state index in [0.29, 0.717) is 42.4 Å². The van der Waals surface area contributed by atoms with Gasteiger partial charge in [0.1, 0.15) is 5.75 Å². The van der Waals surface area contributed by atoms with Crippen molar-refractivity contribution in [3.63, 3.8) is 0 Å². The van der Waals surface area contributed by atoms with Gasteiger partial charge in [0, 0.05) is 30.7 Å². The third-order valence-corrected chi connectivity index (χ3v) is 4.59. The first-order valence-corrected chi connectivity index (χ1v) is 10.1. The predicted octanol–water partition coefficient (Wildman–Crippen LogP) is 4.76. The minimum atomic E-state index is -0.226. The summed E-state index contributed by atoms with van der Waals surface area (Å²) in [6.07, 6.45) is 1.14. The summed E-state index contributed by atoms with van der Waals surface area (Å²) in [7, 11) is 3.50. The second kappa shape index (κ2) is 10.3. The molecule has 0 spiro atoms. The first-order chi connectivity index (χ1) is 13.3. The summed E-state index contributed by atoms with van der Waals surface area (Å²) in [6, 6.07) is 13.0. The Kier molecular flexibility index (Phi) is 8.05. The molecule has 6 heteroatoms. The number of hydrogen-bond donors (Lipinski definition) is 1. The van der Waals surface area contributed by atoms with Gasteiger partial charge in [0.25, 0.3) is 5.91 Å². The Morgan fingerprint density at radius 1 is 1.11 bits per heavy atom. The molecule has 1 N–H and O–H groups in total. The molecule has 0 fully saturated rings. The van der Waals surface area contributed by atoms with Crippen molar-refractivity contribution in [2.24, 2.45) is 5.92 Å². The normalized spacial score (nSPS) is 10.6. The summed E-state index contributed by atoms with van der Waals surface area (Å²) in [5, 5.41) is 2.91. The van der Waals surface area contributed by atoms with Gasteiger partial charge < -0.3 is 15.0 Å². The number of aryl methyl sites for hydroxylation is 1. The lowest BCUT2D eigenvalue weighted by atomic mass is 10.1. The van der Waals surface area contributed by atoms with Crippen LogP contribution < -0.4 is 10.1 Å². The molecule has 0 saturated heterocycles. The van der Waals surface area contributed by atoms with Crippen LogP contribution in [0.2, 0.25) is 0 Å². The van der Waals surface area contributed by atoms with Crippen molar-refractivity contribution in [2.75, 3.05) is 26.0 Å². The van der Waals surface area contributed by atoms with Crippen LogP contribution in [0.25, 0.3) is 0 Å². The number of carbonyl (C=O) groups excluding carboxylic acids is 2. The number of carbonyl (C=O) groups is 2. The Bertz CT molecular complexity index is 817. The van der Waals surface area contributed by atoms with Crippen molar-refractivity contribution >= 4 is 33.4 Å². The molecule has 0 aliphatic rings. The maximum atomic E-state index is 12.7. The molecular weight excluding hydrogens is 420 g/mol. The van der Waals surface area contributed by atoms with E-state index in [1.54, 1.807) is 31.1 Å². The first kappa shape index (κ1) is 22.0. The molecule has 5 nitrogen and oxygen atoms in total. The number of ether oxygens (including phenoxy) is 1. The molecule has 0 aromatic heterocycles. The molecule has 0 bridgehead atoms. The van der Waals surface area contributed by atoms with E-state index in [1.165, 1.54) is 0 Å². The van der Waals surface area contributed by atoms with Crippen molar-refractivity contribution in [2.45, 2.75) is 26.7 Å². The van der Waals surface area contributed by atoms with Crippen molar-refractivity contribution < 1.29 is 14.3 Å². The van der Waals surface area contributed by atoms with E-state index in [0.717, 1.165) is 10.0 Å². The molecule has 2 aromatic rings. The Labute approximate surface area is 175 Å². The number of halogens is 1. The Morgan fingerprint density at radius 3 is 2.39 bits per heavy atom. The zero-order valence-corrected chi connectivity index (χ0v) is 18.4. The summed E-state index contributed by atoms with van der Waals surface area (Å²) in [6.45, 7) is 4.67. The fourth-order valence-electron chi connectivity index (χ4n) is 2.49. The van der Waals surface area contributed by atoms with Gasteiger partial charge in [-0.25, -0.2) is 0 Å². The van der Waals surface area contributed by atoms with Gasteiger partial charge >= 0.3 is 0 Å². The van der Waals surface area contributed by atoms with Crippen LogP contribution in [0.15, 0.2) is 46.9 Å². The number of anilines is 1. The maximum absolute atomic E-state index is 12.7. The fourth-order valence-corrected chi connectivity index (χ4v) is 2.85. The van der Waals surface area contributed by atoms with Crippen molar-refractivity contribution in [1.82, 2.24) is 4.90 Å². The van der Waals surface area contributed by atoms with Gasteiger partial charge in [0.2, 0.25) is 5.91 Å². The molecular formula is C22H27BrN2O3. The second-order valence-corrected chi connectivity index (χ2v) is 8.20. The summed E-state index contributed by atoms with van der Waals surface area (Å²) < 4.78 is 6.60. The Morgan fingerprint density at radius 2 is 1.79 bits per heavy atom. The lowest BCUT2D eigenvalue weighted by Gasteiger charge is -2.14. The number of rotatable bonds is 8. The topological polar surface area (TPSA) is 58.6 Å². The van der Waals surface area contributed by atoms with E-state index in [2.05, 4.69) is 35.1 Å². The van der Waals surface area contributed by atoms with Gasteiger partial charge in [-0.05, 0) is 48.2 Å². The Hall–Kier alpha value is -2.34. The summed E-state index contributed by atoms with van der Waals surface area (Å²) in [5.41, 5.74) is 2.23. The van der Waals surface area contributed by atoms with Crippen LogP contribution in [0.3, 0.4) is 0 Å². The largest absolute Gasteiger partial charge is 0.492 e. The van der Waals surface area contributed by atoms with Gasteiger partial charge in [-0.2, -0.15) is 0 Å². The number of hydrogen-bond acceptors (Lipinski definition) is 3.